The van der Waals surface area contributed by atoms with Gasteiger partial charge in [-0.1, -0.05) is 212 Å². The minimum Gasteiger partial charge on any atom is -0.396 e. The first-order valence-corrected chi connectivity index (χ1v) is 53.8. The number of piperidine rings is 7. The number of aliphatic hydroxyl groups is 4. The molecule has 0 saturated carbocycles. The number of rotatable bonds is 34. The van der Waals surface area contributed by atoms with Crippen LogP contribution in [0.25, 0.3) is 0 Å². The predicted molar refractivity (Wildman–Crippen MR) is 581 cm³/mol. The van der Waals surface area contributed by atoms with Gasteiger partial charge in [0.25, 0.3) is 0 Å². The molecule has 7 aromatic rings. The fourth-order valence-corrected chi connectivity index (χ4v) is 21.6. The highest BCUT2D eigenvalue weighted by Gasteiger charge is 2.43. The van der Waals surface area contributed by atoms with Gasteiger partial charge in [0.05, 0.1) is 37.4 Å². The molecular formula is C121H190N10O9. The molecule has 7 aromatic carbocycles. The highest BCUT2D eigenvalue weighted by Crippen LogP contribution is 2.41. The zero-order valence-corrected chi connectivity index (χ0v) is 90.4. The summed E-state index contributed by atoms with van der Waals surface area (Å²) in [5.74, 6) is 0.828. The number of nitrogens with zero attached hydrogens (tertiary/aromatic N) is 8. The SMILES string of the molecule is CC(C)N1CCC(CO)(Cc2ccccc2)CC1.CC(C)N1CCC(COCC(=O)N(C)C)(Cc2ccccc2)CC1.CC(C)N1CCC(Cc2ccccc2)(NC(=O)CC(C)(C)O)CC1.CC(C)N1CCC(Cc2ccccc2)(NC(=O)CCO)CC1.CC(C)N1CCC(Cc2ccccc2)CC1.CC(C)N1CCC(O)(Cc2ccccc2)CC1.COCC1(Cc2ccccc2)CCN(C(C)C)CC1. The van der Waals surface area contributed by atoms with Crippen LogP contribution in [0.15, 0.2) is 212 Å². The summed E-state index contributed by atoms with van der Waals surface area (Å²) in [6.45, 7) is 52.3. The molecule has 0 spiro atoms. The zero-order chi connectivity index (χ0) is 102. The third kappa shape index (κ3) is 41.9. The number of methoxy groups -OCH3 is 1. The molecule has 19 heteroatoms. The lowest BCUT2D eigenvalue weighted by Gasteiger charge is -2.44. The van der Waals surface area contributed by atoms with Gasteiger partial charge in [0, 0.05) is 144 Å². The summed E-state index contributed by atoms with van der Waals surface area (Å²) in [6.07, 6.45) is 22.5. The van der Waals surface area contributed by atoms with E-state index in [4.69, 9.17) is 14.6 Å². The molecule has 7 heterocycles. The normalized spacial score (nSPS) is 19.1. The lowest BCUT2D eigenvalue weighted by atomic mass is 9.74. The lowest BCUT2D eigenvalue weighted by molar-refractivity contribution is -0.135. The Hall–Kier alpha value is -7.57. The Morgan fingerprint density at radius 3 is 0.921 bits per heavy atom. The van der Waals surface area contributed by atoms with Crippen LogP contribution in [0, 0.1) is 22.2 Å². The van der Waals surface area contributed by atoms with Gasteiger partial charge in [-0.3, -0.25) is 14.4 Å². The van der Waals surface area contributed by atoms with E-state index in [-0.39, 0.29) is 65.7 Å². The minimum atomic E-state index is -0.976. The maximum Gasteiger partial charge on any atom is 0.248 e. The summed E-state index contributed by atoms with van der Waals surface area (Å²) in [5.41, 5.74) is 8.12. The number of aliphatic hydroxyl groups excluding tert-OH is 2. The van der Waals surface area contributed by atoms with Crippen LogP contribution in [0.5, 0.6) is 0 Å². The molecule has 7 saturated heterocycles. The van der Waals surface area contributed by atoms with Crippen molar-refractivity contribution >= 4 is 17.7 Å². The second kappa shape index (κ2) is 59.8. The highest BCUT2D eigenvalue weighted by molar-refractivity contribution is 5.78. The number of benzene rings is 7. The van der Waals surface area contributed by atoms with E-state index in [1.54, 1.807) is 32.8 Å². The molecule has 14 rings (SSSR count). The molecule has 19 nitrogen and oxygen atoms in total. The third-order valence-electron chi connectivity index (χ3n) is 31.0. The highest BCUT2D eigenvalue weighted by atomic mass is 16.5. The maximum absolute atomic E-state index is 12.5. The van der Waals surface area contributed by atoms with Gasteiger partial charge in [-0.2, -0.15) is 0 Å². The molecule has 778 valence electrons. The van der Waals surface area contributed by atoms with E-state index in [2.05, 4.69) is 300 Å². The van der Waals surface area contributed by atoms with Crippen molar-refractivity contribution in [1.29, 1.82) is 0 Å². The number of hydrogen-bond acceptors (Lipinski definition) is 16. The van der Waals surface area contributed by atoms with Crippen molar-refractivity contribution in [3.05, 3.63) is 251 Å². The molecule has 7 aliphatic rings. The molecule has 6 N–H and O–H groups in total. The van der Waals surface area contributed by atoms with Crippen molar-refractivity contribution in [3.63, 3.8) is 0 Å². The number of amides is 3. The number of nitrogens with one attached hydrogen (secondary N) is 2. The van der Waals surface area contributed by atoms with Crippen molar-refractivity contribution in [2.75, 3.05) is 146 Å². The van der Waals surface area contributed by atoms with Crippen molar-refractivity contribution in [2.45, 2.75) is 323 Å². The monoisotopic (exact) mass is 1930 g/mol. The van der Waals surface area contributed by atoms with Gasteiger partial charge in [-0.25, -0.2) is 0 Å². The first-order valence-electron chi connectivity index (χ1n) is 53.8. The second-order valence-electron chi connectivity index (χ2n) is 45.2. The molecule has 3 amide bonds. The van der Waals surface area contributed by atoms with Gasteiger partial charge in [0.15, 0.2) is 0 Å². The molecule has 0 aliphatic carbocycles. The van der Waals surface area contributed by atoms with Crippen LogP contribution < -0.4 is 10.6 Å². The van der Waals surface area contributed by atoms with Crippen molar-refractivity contribution in [2.24, 2.45) is 22.2 Å². The van der Waals surface area contributed by atoms with E-state index in [0.29, 0.717) is 54.9 Å². The van der Waals surface area contributed by atoms with Gasteiger partial charge >= 0.3 is 0 Å². The molecule has 0 bridgehead atoms. The summed E-state index contributed by atoms with van der Waals surface area (Å²) >= 11 is 0. The minimum absolute atomic E-state index is 0.0319. The van der Waals surface area contributed by atoms with Crippen molar-refractivity contribution < 1.29 is 44.3 Å². The summed E-state index contributed by atoms with van der Waals surface area (Å²) in [4.78, 5) is 55.5. The Labute approximate surface area is 849 Å². The quantitative estimate of drug-likeness (QED) is 0.0222. The number of carbonyl (C=O) groups is 3. The summed E-state index contributed by atoms with van der Waals surface area (Å²) in [5, 5.41) is 45.8. The van der Waals surface area contributed by atoms with E-state index in [0.717, 1.165) is 187 Å². The zero-order valence-electron chi connectivity index (χ0n) is 90.4. The Kier molecular flexibility index (Phi) is 50.2. The topological polar surface area (TPSA) is 201 Å². The Morgan fingerprint density at radius 2 is 0.629 bits per heavy atom. The van der Waals surface area contributed by atoms with Crippen LogP contribution in [0.3, 0.4) is 0 Å². The molecule has 140 heavy (non-hydrogen) atoms. The summed E-state index contributed by atoms with van der Waals surface area (Å²) in [6, 6.07) is 78.3. The maximum atomic E-state index is 12.5. The Morgan fingerprint density at radius 1 is 0.364 bits per heavy atom. The largest absolute Gasteiger partial charge is 0.396 e. The van der Waals surface area contributed by atoms with Gasteiger partial charge in [0.2, 0.25) is 17.7 Å². The number of likely N-dealkylation sites (N-methyl/N-ethyl adjacent to an activating group) is 1. The van der Waals surface area contributed by atoms with Crippen LogP contribution >= 0.6 is 0 Å². The van der Waals surface area contributed by atoms with Crippen LogP contribution in [0.1, 0.15) is 252 Å². The van der Waals surface area contributed by atoms with E-state index < -0.39 is 11.2 Å². The average molecular weight is 1930 g/mol. The summed E-state index contributed by atoms with van der Waals surface area (Å²) < 4.78 is 11.4. The number of ether oxygens (including phenoxy) is 2. The standard InChI is InChI=1S/2C20H32N2O2.C18H28N2O2.C17H27NO.C16H25NO.C15H23NO.C15H23N/c1-17(2)22-12-10-20(11-13-22,14-18-8-6-5-7-9-18)16-24-15-19(23)21(3)4;1-16(2)22-12-10-20(11-13-22,14-17-8-6-5-7-9-17)21-18(23)15-19(3,4)24;1-15(2)20-11-9-18(10-12-20,19-17(22)8-13-21)14-16-6-4-3-5-7-16;1-15(2)18-11-9-17(10-12-18,14-19-3)13-16-7-5-4-6-8-16;1-14(2)17-10-8-16(13-18,9-11-17)12-15-6-4-3-5-7-15;1-13(2)16-10-8-15(17,9-11-16)12-14-6-4-3-5-7-14;1-13(2)16-10-8-15(9-11-16)12-14-6-4-3-5-7-14/h5-9,17H,10-16H2,1-4H3;5-9,16,24H,10-15H2,1-4H3,(H,21,23);3-7,15,21H,8-14H2,1-2H3,(H,19,22);4-8,15H,9-14H2,1-3H3;3-7,14,18H,8-13H2,1-2H3;3-7,13,17H,8-12H2,1-2H3;3-7,13,15H,8-12H2,1-2H3. The molecular weight excluding hydrogens is 1740 g/mol. The van der Waals surface area contributed by atoms with E-state index >= 15 is 0 Å². The van der Waals surface area contributed by atoms with Crippen LogP contribution in [-0.2, 0) is 68.8 Å². The van der Waals surface area contributed by atoms with Gasteiger partial charge < -0.3 is 79.7 Å². The molecule has 7 fully saturated rings. The van der Waals surface area contributed by atoms with Gasteiger partial charge in [-0.15, -0.1) is 0 Å². The first kappa shape index (κ1) is 118. The Bertz CT molecular complexity index is 4450. The molecule has 0 atom stereocenters. The number of hydrogen-bond donors (Lipinski definition) is 6. The molecule has 0 radical (unpaired) electrons. The van der Waals surface area contributed by atoms with Crippen LogP contribution in [0.2, 0.25) is 0 Å². The molecule has 0 aromatic heterocycles. The fourth-order valence-electron chi connectivity index (χ4n) is 21.6. The smallest absolute Gasteiger partial charge is 0.248 e. The number of likely N-dealkylation sites (tertiary alicyclic amines) is 7. The van der Waals surface area contributed by atoms with Crippen molar-refractivity contribution in [3.8, 4) is 0 Å². The molecule has 0 unspecified atom stereocenters. The predicted octanol–water partition coefficient (Wildman–Crippen LogP) is 19.4. The van der Waals surface area contributed by atoms with E-state index in [1.807, 2.05) is 61.7 Å². The molecule has 7 aliphatic heterocycles. The van der Waals surface area contributed by atoms with Gasteiger partial charge in [-0.05, 0) is 342 Å². The summed E-state index contributed by atoms with van der Waals surface area (Å²) in [7, 11) is 5.38. The van der Waals surface area contributed by atoms with E-state index in [9.17, 15) is 29.7 Å². The van der Waals surface area contributed by atoms with Gasteiger partial charge in [0.1, 0.15) is 6.61 Å². The van der Waals surface area contributed by atoms with Crippen LogP contribution in [-0.4, -0.2) is 288 Å². The third-order valence-corrected chi connectivity index (χ3v) is 31.0. The van der Waals surface area contributed by atoms with E-state index in [1.165, 1.54) is 97.2 Å². The van der Waals surface area contributed by atoms with Crippen molar-refractivity contribution in [1.82, 2.24) is 49.8 Å². The second-order valence-corrected chi connectivity index (χ2v) is 45.2. The van der Waals surface area contributed by atoms with Crippen LogP contribution in [0.4, 0.5) is 0 Å². The lowest BCUT2D eigenvalue weighted by Crippen LogP contribution is -2.58. The fraction of sp³-hybridized carbons (Fsp3) is 0.628. The number of carbonyl (C=O) groups excluding carboxylic acids is 3. The average Bonchev–Trinajstić information content (AvgIpc) is 0.801. The Balaban J connectivity index is 0.000000201. The first-order chi connectivity index (χ1) is 66.8.